The Morgan fingerprint density at radius 1 is 0.958 bits per heavy atom. The Hall–Kier alpha value is -2.17. The van der Waals surface area contributed by atoms with Crippen molar-refractivity contribution in [1.29, 1.82) is 0 Å². The quantitative estimate of drug-likeness (QED) is 0.657. The second-order valence-electron chi connectivity index (χ2n) is 6.02. The third kappa shape index (κ3) is 4.02. The molecule has 0 amide bonds. The summed E-state index contributed by atoms with van der Waals surface area (Å²) >= 11 is 1.67. The summed E-state index contributed by atoms with van der Waals surface area (Å²) in [6, 6.07) is 16.8. The maximum absolute atomic E-state index is 5.21. The van der Waals surface area contributed by atoms with Crippen molar-refractivity contribution in [3.05, 3.63) is 59.5 Å². The number of nitrogens with zero attached hydrogens (tertiary/aromatic N) is 2. The van der Waals surface area contributed by atoms with Gasteiger partial charge in [-0.25, -0.2) is 4.98 Å². The average Bonchev–Trinajstić information content (AvgIpc) is 3.10. The molecule has 0 saturated carbocycles. The lowest BCUT2D eigenvalue weighted by molar-refractivity contribution is 0.413. The number of methoxy groups -OCH3 is 1. The molecule has 24 heavy (non-hydrogen) atoms. The molecule has 0 aliphatic heterocycles. The molecule has 1 aromatic heterocycles. The third-order valence-corrected chi connectivity index (χ3v) is 4.83. The van der Waals surface area contributed by atoms with E-state index in [-0.39, 0.29) is 0 Å². The van der Waals surface area contributed by atoms with Gasteiger partial charge < -0.3 is 9.64 Å². The summed E-state index contributed by atoms with van der Waals surface area (Å²) in [5.74, 6) is 0.865. The van der Waals surface area contributed by atoms with E-state index >= 15 is 0 Å². The highest BCUT2D eigenvalue weighted by Crippen LogP contribution is 2.30. The van der Waals surface area contributed by atoms with Crippen LogP contribution in [0.15, 0.2) is 53.9 Å². The van der Waals surface area contributed by atoms with Crippen LogP contribution < -0.4 is 4.74 Å². The van der Waals surface area contributed by atoms with E-state index in [1.807, 2.05) is 24.3 Å². The van der Waals surface area contributed by atoms with Gasteiger partial charge in [-0.3, -0.25) is 0 Å². The Morgan fingerprint density at radius 2 is 1.62 bits per heavy atom. The minimum atomic E-state index is 0.865. The fourth-order valence-electron chi connectivity index (χ4n) is 2.47. The molecule has 0 spiro atoms. The summed E-state index contributed by atoms with van der Waals surface area (Å²) in [5, 5.41) is 3.15. The minimum absolute atomic E-state index is 0.865. The van der Waals surface area contributed by atoms with Gasteiger partial charge >= 0.3 is 0 Å². The van der Waals surface area contributed by atoms with E-state index in [1.165, 1.54) is 11.1 Å². The molecule has 0 N–H and O–H groups in total. The van der Waals surface area contributed by atoms with E-state index in [1.54, 1.807) is 18.4 Å². The Balaban J connectivity index is 1.74. The first-order chi connectivity index (χ1) is 11.7. The number of aromatic nitrogens is 1. The van der Waals surface area contributed by atoms with Crippen molar-refractivity contribution in [1.82, 2.24) is 9.88 Å². The maximum Gasteiger partial charge on any atom is 0.124 e. The van der Waals surface area contributed by atoms with Crippen molar-refractivity contribution < 1.29 is 4.74 Å². The Labute approximate surface area is 147 Å². The van der Waals surface area contributed by atoms with Crippen molar-refractivity contribution in [2.75, 3.05) is 27.7 Å². The molecule has 3 aromatic rings. The Morgan fingerprint density at radius 3 is 2.25 bits per heavy atom. The molecule has 0 fully saturated rings. The van der Waals surface area contributed by atoms with Crippen LogP contribution in [-0.2, 0) is 6.42 Å². The average molecular weight is 338 g/mol. The zero-order chi connectivity index (χ0) is 16.9. The van der Waals surface area contributed by atoms with Gasteiger partial charge in [0.1, 0.15) is 10.8 Å². The predicted molar refractivity (Wildman–Crippen MR) is 102 cm³/mol. The largest absolute Gasteiger partial charge is 0.497 e. The highest BCUT2D eigenvalue weighted by Gasteiger charge is 2.07. The highest BCUT2D eigenvalue weighted by molar-refractivity contribution is 7.13. The van der Waals surface area contributed by atoms with E-state index < -0.39 is 0 Å². The summed E-state index contributed by atoms with van der Waals surface area (Å²) in [6.45, 7) is 1.07. The van der Waals surface area contributed by atoms with E-state index in [0.29, 0.717) is 0 Å². The van der Waals surface area contributed by atoms with Gasteiger partial charge in [-0.2, -0.15) is 0 Å². The van der Waals surface area contributed by atoms with Crippen LogP contribution in [0.3, 0.4) is 0 Å². The Bertz CT molecular complexity index is 776. The maximum atomic E-state index is 5.21. The molecular formula is C20H22N2OS. The van der Waals surface area contributed by atoms with Crippen LogP contribution >= 0.6 is 11.3 Å². The third-order valence-electron chi connectivity index (χ3n) is 3.94. The summed E-state index contributed by atoms with van der Waals surface area (Å²) in [5.41, 5.74) is 4.68. The van der Waals surface area contributed by atoms with Crippen LogP contribution in [0.5, 0.6) is 5.75 Å². The Kier molecular flexibility index (Phi) is 5.28. The summed E-state index contributed by atoms with van der Waals surface area (Å²) < 4.78 is 5.21. The number of likely N-dealkylation sites (N-methyl/N-ethyl adjacent to an activating group) is 1. The molecular weight excluding hydrogens is 316 g/mol. The predicted octanol–water partition coefficient (Wildman–Crippen LogP) is 4.59. The number of benzene rings is 2. The van der Waals surface area contributed by atoms with Gasteiger partial charge in [0.15, 0.2) is 0 Å². The lowest BCUT2D eigenvalue weighted by atomic mass is 10.1. The zero-order valence-corrected chi connectivity index (χ0v) is 15.1. The van der Waals surface area contributed by atoms with Gasteiger partial charge in [-0.1, -0.05) is 24.3 Å². The van der Waals surface area contributed by atoms with Crippen molar-refractivity contribution in [2.45, 2.75) is 6.42 Å². The lowest BCUT2D eigenvalue weighted by Gasteiger charge is -2.09. The van der Waals surface area contributed by atoms with Crippen LogP contribution in [0.25, 0.3) is 21.8 Å². The van der Waals surface area contributed by atoms with Crippen molar-refractivity contribution in [3.8, 4) is 27.6 Å². The molecule has 3 nitrogen and oxygen atoms in total. The first kappa shape index (κ1) is 16.7. The monoisotopic (exact) mass is 338 g/mol. The molecule has 3 rings (SSSR count). The van der Waals surface area contributed by atoms with E-state index in [4.69, 9.17) is 9.72 Å². The van der Waals surface area contributed by atoms with Gasteiger partial charge in [0.05, 0.1) is 12.8 Å². The molecule has 2 aromatic carbocycles. The molecule has 0 aliphatic carbocycles. The smallest absolute Gasteiger partial charge is 0.124 e. The van der Waals surface area contributed by atoms with E-state index in [9.17, 15) is 0 Å². The molecule has 4 heteroatoms. The van der Waals surface area contributed by atoms with Crippen LogP contribution in [0.1, 0.15) is 5.56 Å². The van der Waals surface area contributed by atoms with Gasteiger partial charge in [-0.15, -0.1) is 11.3 Å². The normalized spacial score (nSPS) is 11.0. The van der Waals surface area contributed by atoms with Crippen molar-refractivity contribution in [3.63, 3.8) is 0 Å². The second kappa shape index (κ2) is 7.60. The van der Waals surface area contributed by atoms with Crippen LogP contribution in [-0.4, -0.2) is 37.6 Å². The first-order valence-electron chi connectivity index (χ1n) is 8.00. The van der Waals surface area contributed by atoms with Crippen LogP contribution in [0, 0.1) is 0 Å². The summed E-state index contributed by atoms with van der Waals surface area (Å²) in [6.07, 6.45) is 1.07. The first-order valence-corrected chi connectivity index (χ1v) is 8.87. The number of rotatable bonds is 6. The van der Waals surface area contributed by atoms with Crippen molar-refractivity contribution >= 4 is 11.3 Å². The number of hydrogen-bond acceptors (Lipinski definition) is 4. The topological polar surface area (TPSA) is 25.4 Å². The molecule has 0 saturated heterocycles. The molecule has 1 heterocycles. The standard InChI is InChI=1S/C20H22N2OS/c1-22(2)13-12-15-4-6-16(7-5-15)19-14-24-20(21-19)17-8-10-18(23-3)11-9-17/h4-11,14H,12-13H2,1-3H3. The number of hydrogen-bond donors (Lipinski definition) is 0. The SMILES string of the molecule is COc1ccc(-c2nc(-c3ccc(CCN(C)C)cc3)cs2)cc1. The summed E-state index contributed by atoms with van der Waals surface area (Å²) in [4.78, 5) is 6.98. The molecule has 0 bridgehead atoms. The molecule has 0 radical (unpaired) electrons. The van der Waals surface area contributed by atoms with Gasteiger partial charge in [0.25, 0.3) is 0 Å². The van der Waals surface area contributed by atoms with Crippen LogP contribution in [0.2, 0.25) is 0 Å². The molecule has 124 valence electrons. The zero-order valence-electron chi connectivity index (χ0n) is 14.3. The fraction of sp³-hybridized carbons (Fsp3) is 0.250. The number of thiazole rings is 1. The van der Waals surface area contributed by atoms with Crippen LogP contribution in [0.4, 0.5) is 0 Å². The minimum Gasteiger partial charge on any atom is -0.497 e. The molecule has 0 atom stereocenters. The number of ether oxygens (including phenoxy) is 1. The van der Waals surface area contributed by atoms with Gasteiger partial charge in [0, 0.05) is 23.1 Å². The lowest BCUT2D eigenvalue weighted by Crippen LogP contribution is -2.14. The van der Waals surface area contributed by atoms with E-state index in [0.717, 1.165) is 35.0 Å². The fourth-order valence-corrected chi connectivity index (χ4v) is 3.30. The molecule has 0 unspecified atom stereocenters. The van der Waals surface area contributed by atoms with Gasteiger partial charge in [-0.05, 0) is 50.3 Å². The summed E-state index contributed by atoms with van der Waals surface area (Å²) in [7, 11) is 5.88. The van der Waals surface area contributed by atoms with Crippen molar-refractivity contribution in [2.24, 2.45) is 0 Å². The van der Waals surface area contributed by atoms with E-state index in [2.05, 4.69) is 48.6 Å². The molecule has 0 aliphatic rings. The highest BCUT2D eigenvalue weighted by atomic mass is 32.1. The second-order valence-corrected chi connectivity index (χ2v) is 6.87. The van der Waals surface area contributed by atoms with Gasteiger partial charge in [0.2, 0.25) is 0 Å².